The van der Waals surface area contributed by atoms with Crippen molar-refractivity contribution in [1.82, 2.24) is 0 Å². The second-order valence-corrected chi connectivity index (χ2v) is 5.08. The third kappa shape index (κ3) is 3.70. The number of hydrogen-bond donors (Lipinski definition) is 1. The zero-order valence-corrected chi connectivity index (χ0v) is 11.5. The number of ether oxygens (including phenoxy) is 2. The van der Waals surface area contributed by atoms with E-state index in [1.165, 1.54) is 13.2 Å². The number of carboxylic acids is 1. The van der Waals surface area contributed by atoms with Crippen molar-refractivity contribution in [3.05, 3.63) is 29.6 Å². The predicted octanol–water partition coefficient (Wildman–Crippen LogP) is 2.99. The molecule has 20 heavy (non-hydrogen) atoms. The van der Waals surface area contributed by atoms with Crippen molar-refractivity contribution in [2.45, 2.75) is 38.4 Å². The quantitative estimate of drug-likeness (QED) is 0.902. The lowest BCUT2D eigenvalue weighted by atomic mass is 9.87. The predicted molar refractivity (Wildman–Crippen MR) is 71.1 cm³/mol. The fraction of sp³-hybridized carbons (Fsp3) is 0.533. The zero-order valence-electron chi connectivity index (χ0n) is 11.5. The van der Waals surface area contributed by atoms with Crippen molar-refractivity contribution in [1.29, 1.82) is 0 Å². The van der Waals surface area contributed by atoms with E-state index in [1.807, 2.05) is 0 Å². The third-order valence-electron chi connectivity index (χ3n) is 3.76. The van der Waals surface area contributed by atoms with Gasteiger partial charge in [0, 0.05) is 11.6 Å². The Hall–Kier alpha value is -1.62. The van der Waals surface area contributed by atoms with Crippen LogP contribution in [-0.2, 0) is 16.1 Å². The normalized spacial score (nSPS) is 22.5. The molecule has 5 heteroatoms. The Morgan fingerprint density at radius 3 is 2.60 bits per heavy atom. The van der Waals surface area contributed by atoms with Gasteiger partial charge in [-0.3, -0.25) is 4.79 Å². The number of halogens is 1. The molecule has 0 radical (unpaired) electrons. The molecule has 0 aromatic heterocycles. The van der Waals surface area contributed by atoms with E-state index >= 15 is 0 Å². The first-order valence-electron chi connectivity index (χ1n) is 6.77. The van der Waals surface area contributed by atoms with Gasteiger partial charge in [-0.25, -0.2) is 4.39 Å². The Kier molecular flexibility index (Phi) is 4.95. The van der Waals surface area contributed by atoms with E-state index in [1.54, 1.807) is 12.1 Å². The van der Waals surface area contributed by atoms with Gasteiger partial charge in [-0.05, 0) is 31.7 Å². The van der Waals surface area contributed by atoms with Crippen LogP contribution < -0.4 is 4.74 Å². The number of rotatable bonds is 5. The average molecular weight is 282 g/mol. The topological polar surface area (TPSA) is 55.8 Å². The van der Waals surface area contributed by atoms with Gasteiger partial charge in [0.1, 0.15) is 11.6 Å². The second kappa shape index (κ2) is 6.70. The van der Waals surface area contributed by atoms with Crippen LogP contribution in [0, 0.1) is 11.7 Å². The van der Waals surface area contributed by atoms with Crippen LogP contribution >= 0.6 is 0 Å². The molecule has 4 nitrogen and oxygen atoms in total. The molecule has 0 atom stereocenters. The van der Waals surface area contributed by atoms with E-state index in [2.05, 4.69) is 0 Å². The molecule has 1 aromatic carbocycles. The SMILES string of the molecule is COc1ccc(COC2CCC(C(=O)O)CC2)c(F)c1. The summed E-state index contributed by atoms with van der Waals surface area (Å²) in [6, 6.07) is 4.68. The van der Waals surface area contributed by atoms with Crippen molar-refractivity contribution in [2.24, 2.45) is 5.92 Å². The van der Waals surface area contributed by atoms with Crippen LogP contribution in [0.2, 0.25) is 0 Å². The van der Waals surface area contributed by atoms with Gasteiger partial charge in [0.15, 0.2) is 0 Å². The summed E-state index contributed by atoms with van der Waals surface area (Å²) in [5, 5.41) is 8.92. The molecule has 0 saturated heterocycles. The van der Waals surface area contributed by atoms with Gasteiger partial charge in [0.25, 0.3) is 0 Å². The average Bonchev–Trinajstić information content (AvgIpc) is 2.46. The van der Waals surface area contributed by atoms with E-state index in [0.717, 1.165) is 12.8 Å². The maximum Gasteiger partial charge on any atom is 0.306 e. The monoisotopic (exact) mass is 282 g/mol. The van der Waals surface area contributed by atoms with Crippen LogP contribution in [0.3, 0.4) is 0 Å². The molecule has 0 spiro atoms. The van der Waals surface area contributed by atoms with Crippen LogP contribution in [-0.4, -0.2) is 24.3 Å². The van der Waals surface area contributed by atoms with Crippen molar-refractivity contribution in [2.75, 3.05) is 7.11 Å². The number of carbonyl (C=O) groups is 1. The Morgan fingerprint density at radius 1 is 1.35 bits per heavy atom. The molecule has 1 aliphatic carbocycles. The first-order chi connectivity index (χ1) is 9.60. The zero-order chi connectivity index (χ0) is 14.5. The summed E-state index contributed by atoms with van der Waals surface area (Å²) in [5.41, 5.74) is 0.492. The van der Waals surface area contributed by atoms with Gasteiger partial charge in [0.2, 0.25) is 0 Å². The minimum atomic E-state index is -0.732. The maximum atomic E-state index is 13.7. The summed E-state index contributed by atoms with van der Waals surface area (Å²) in [6.45, 7) is 0.207. The van der Waals surface area contributed by atoms with Crippen molar-refractivity contribution in [3.63, 3.8) is 0 Å². The number of aliphatic carboxylic acids is 1. The lowest BCUT2D eigenvalue weighted by Crippen LogP contribution is -2.26. The van der Waals surface area contributed by atoms with Crippen LogP contribution in [0.25, 0.3) is 0 Å². The van der Waals surface area contributed by atoms with Crippen LogP contribution in [0.1, 0.15) is 31.2 Å². The van der Waals surface area contributed by atoms with E-state index < -0.39 is 5.97 Å². The first-order valence-corrected chi connectivity index (χ1v) is 6.77. The molecule has 2 rings (SSSR count). The van der Waals surface area contributed by atoms with E-state index in [4.69, 9.17) is 14.6 Å². The van der Waals surface area contributed by atoms with Crippen molar-refractivity contribution >= 4 is 5.97 Å². The minimum Gasteiger partial charge on any atom is -0.497 e. The standard InChI is InChI=1S/C15H19FO4/c1-19-13-7-4-11(14(16)8-13)9-20-12-5-2-10(3-6-12)15(17)18/h4,7-8,10,12H,2-3,5-6,9H2,1H3,(H,17,18). The van der Waals surface area contributed by atoms with E-state index in [-0.39, 0.29) is 24.4 Å². The van der Waals surface area contributed by atoms with Crippen molar-refractivity contribution < 1.29 is 23.8 Å². The van der Waals surface area contributed by atoms with Crippen molar-refractivity contribution in [3.8, 4) is 5.75 Å². The summed E-state index contributed by atoms with van der Waals surface area (Å²) in [4.78, 5) is 10.8. The number of methoxy groups -OCH3 is 1. The molecule has 1 aliphatic rings. The summed E-state index contributed by atoms with van der Waals surface area (Å²) in [7, 11) is 1.49. The smallest absolute Gasteiger partial charge is 0.306 e. The molecule has 1 fully saturated rings. The molecule has 1 N–H and O–H groups in total. The highest BCUT2D eigenvalue weighted by atomic mass is 19.1. The van der Waals surface area contributed by atoms with Gasteiger partial charge >= 0.3 is 5.97 Å². The molecule has 0 amide bonds. The van der Waals surface area contributed by atoms with Gasteiger partial charge in [0.05, 0.1) is 25.7 Å². The van der Waals surface area contributed by atoms with Crippen LogP contribution in [0.15, 0.2) is 18.2 Å². The van der Waals surface area contributed by atoms with Gasteiger partial charge in [-0.1, -0.05) is 6.07 Å². The molecule has 0 bridgehead atoms. The van der Waals surface area contributed by atoms with Gasteiger partial charge in [-0.15, -0.1) is 0 Å². The largest absolute Gasteiger partial charge is 0.497 e. The number of benzene rings is 1. The minimum absolute atomic E-state index is 0.0205. The highest BCUT2D eigenvalue weighted by molar-refractivity contribution is 5.70. The molecule has 0 heterocycles. The summed E-state index contributed by atoms with van der Waals surface area (Å²) >= 11 is 0. The fourth-order valence-electron chi connectivity index (χ4n) is 2.46. The van der Waals surface area contributed by atoms with Gasteiger partial charge < -0.3 is 14.6 Å². The molecule has 0 unspecified atom stereocenters. The fourth-order valence-corrected chi connectivity index (χ4v) is 2.46. The summed E-state index contributed by atoms with van der Waals surface area (Å²) < 4.78 is 24.3. The third-order valence-corrected chi connectivity index (χ3v) is 3.76. The molecule has 1 saturated carbocycles. The summed E-state index contributed by atoms with van der Waals surface area (Å²) in [5.74, 6) is -0.853. The lowest BCUT2D eigenvalue weighted by Gasteiger charge is -2.26. The maximum absolute atomic E-state index is 13.7. The number of hydrogen-bond acceptors (Lipinski definition) is 3. The van der Waals surface area contributed by atoms with E-state index in [0.29, 0.717) is 24.2 Å². The Bertz CT molecular complexity index is 467. The Morgan fingerprint density at radius 2 is 2.05 bits per heavy atom. The lowest BCUT2D eigenvalue weighted by molar-refractivity contribution is -0.143. The van der Waals surface area contributed by atoms with E-state index in [9.17, 15) is 9.18 Å². The molecular weight excluding hydrogens is 263 g/mol. The first kappa shape index (κ1) is 14.8. The van der Waals surface area contributed by atoms with Gasteiger partial charge in [-0.2, -0.15) is 0 Å². The Balaban J connectivity index is 1.83. The Labute approximate surface area is 117 Å². The highest BCUT2D eigenvalue weighted by Gasteiger charge is 2.26. The summed E-state index contributed by atoms with van der Waals surface area (Å²) in [6.07, 6.45) is 2.71. The highest BCUT2D eigenvalue weighted by Crippen LogP contribution is 2.27. The van der Waals surface area contributed by atoms with Crippen LogP contribution in [0.5, 0.6) is 5.75 Å². The second-order valence-electron chi connectivity index (χ2n) is 5.08. The molecule has 110 valence electrons. The molecular formula is C15H19FO4. The molecule has 1 aromatic rings. The van der Waals surface area contributed by atoms with Crippen LogP contribution in [0.4, 0.5) is 4.39 Å². The molecule has 0 aliphatic heterocycles. The number of carboxylic acid groups (broad SMARTS) is 1.